The largest absolute Gasteiger partial charge is 0.477 e. The number of rotatable bonds is 5. The third kappa shape index (κ3) is 3.35. The molecule has 4 heteroatoms. The Morgan fingerprint density at radius 3 is 2.89 bits per heavy atom. The fourth-order valence-corrected chi connectivity index (χ4v) is 2.30. The van der Waals surface area contributed by atoms with Gasteiger partial charge < -0.3 is 15.2 Å². The van der Waals surface area contributed by atoms with Crippen LogP contribution in [0.3, 0.4) is 0 Å². The highest BCUT2D eigenvalue weighted by molar-refractivity contribution is 5.25. The third-order valence-corrected chi connectivity index (χ3v) is 3.37. The van der Waals surface area contributed by atoms with Crippen molar-refractivity contribution in [3.05, 3.63) is 36.0 Å². The van der Waals surface area contributed by atoms with Crippen molar-refractivity contribution in [1.29, 1.82) is 0 Å². The first-order valence-electron chi connectivity index (χ1n) is 6.31. The molecule has 0 heterocycles. The lowest BCUT2D eigenvalue weighted by Gasteiger charge is -2.35. The molecule has 0 aromatic heterocycles. The Morgan fingerprint density at radius 2 is 2.28 bits per heavy atom. The monoisotopic (exact) mass is 253 g/mol. The van der Waals surface area contributed by atoms with Gasteiger partial charge in [0.1, 0.15) is 18.0 Å². The maximum Gasteiger partial charge on any atom is 0.176 e. The molecule has 3 nitrogen and oxygen atoms in total. The molecule has 2 rings (SSSR count). The van der Waals surface area contributed by atoms with Crippen LogP contribution < -0.4 is 5.73 Å². The number of halogens is 1. The molecule has 0 saturated heterocycles. The van der Waals surface area contributed by atoms with Crippen LogP contribution in [0.25, 0.3) is 0 Å². The van der Waals surface area contributed by atoms with Crippen molar-refractivity contribution < 1.29 is 13.9 Å². The van der Waals surface area contributed by atoms with E-state index in [1.165, 1.54) is 0 Å². The molecule has 0 bridgehead atoms. The van der Waals surface area contributed by atoms with Gasteiger partial charge in [-0.1, -0.05) is 11.6 Å². The molecule has 0 aliphatic heterocycles. The molecular formula is C14H20FNO2. The lowest BCUT2D eigenvalue weighted by molar-refractivity contribution is -0.0445. The predicted molar refractivity (Wildman–Crippen MR) is 68.2 cm³/mol. The van der Waals surface area contributed by atoms with E-state index < -0.39 is 6.10 Å². The van der Waals surface area contributed by atoms with Gasteiger partial charge in [-0.15, -0.1) is 0 Å². The summed E-state index contributed by atoms with van der Waals surface area (Å²) in [5, 5.41) is 0. The van der Waals surface area contributed by atoms with Gasteiger partial charge in [-0.25, -0.2) is 4.39 Å². The molecule has 0 aromatic rings. The van der Waals surface area contributed by atoms with E-state index >= 15 is 0 Å². The lowest BCUT2D eigenvalue weighted by atomic mass is 9.83. The number of ether oxygens (including phenoxy) is 2. The van der Waals surface area contributed by atoms with Crippen molar-refractivity contribution in [1.82, 2.24) is 0 Å². The van der Waals surface area contributed by atoms with E-state index in [1.807, 2.05) is 13.0 Å². The molecule has 1 fully saturated rings. The number of nitrogens with two attached hydrogens (primary N) is 1. The summed E-state index contributed by atoms with van der Waals surface area (Å²) in [6, 6.07) is 0. The fraction of sp³-hybridized carbons (Fsp3) is 0.571. The Hall–Kier alpha value is -1.29. The molecular weight excluding hydrogens is 233 g/mol. The van der Waals surface area contributed by atoms with Gasteiger partial charge in [-0.2, -0.15) is 0 Å². The first-order valence-corrected chi connectivity index (χ1v) is 6.31. The van der Waals surface area contributed by atoms with Crippen molar-refractivity contribution in [2.24, 2.45) is 11.7 Å². The van der Waals surface area contributed by atoms with Crippen LogP contribution in [0.4, 0.5) is 4.39 Å². The van der Waals surface area contributed by atoms with E-state index in [0.717, 1.165) is 18.4 Å². The van der Waals surface area contributed by atoms with Gasteiger partial charge in [-0.05, 0) is 44.8 Å². The Labute approximate surface area is 107 Å². The SMILES string of the molecule is C=C(N)O[C@H]1C[C@@H](COC2CC=C(C)C=C2F)C1. The lowest BCUT2D eigenvalue weighted by Crippen LogP contribution is -2.36. The molecule has 2 aliphatic carbocycles. The topological polar surface area (TPSA) is 44.5 Å². The summed E-state index contributed by atoms with van der Waals surface area (Å²) in [5.74, 6) is 0.535. The average molecular weight is 253 g/mol. The maximum absolute atomic E-state index is 13.6. The summed E-state index contributed by atoms with van der Waals surface area (Å²) in [6.45, 7) is 5.97. The van der Waals surface area contributed by atoms with Crippen LogP contribution in [0.15, 0.2) is 36.0 Å². The van der Waals surface area contributed by atoms with E-state index in [0.29, 0.717) is 18.9 Å². The Balaban J connectivity index is 1.66. The first kappa shape index (κ1) is 13.1. The summed E-state index contributed by atoms with van der Waals surface area (Å²) in [7, 11) is 0. The van der Waals surface area contributed by atoms with Crippen LogP contribution in [0.2, 0.25) is 0 Å². The Morgan fingerprint density at radius 1 is 1.56 bits per heavy atom. The fourth-order valence-electron chi connectivity index (χ4n) is 2.30. The van der Waals surface area contributed by atoms with Crippen molar-refractivity contribution in [3.63, 3.8) is 0 Å². The zero-order valence-corrected chi connectivity index (χ0v) is 10.7. The van der Waals surface area contributed by atoms with E-state index in [4.69, 9.17) is 15.2 Å². The van der Waals surface area contributed by atoms with Gasteiger partial charge in [0.25, 0.3) is 0 Å². The molecule has 1 atom stereocenters. The Bertz CT molecular complexity index is 383. The zero-order chi connectivity index (χ0) is 13.1. The van der Waals surface area contributed by atoms with Gasteiger partial charge in [0, 0.05) is 0 Å². The average Bonchev–Trinajstić information content (AvgIpc) is 2.23. The van der Waals surface area contributed by atoms with E-state index in [-0.39, 0.29) is 17.8 Å². The molecule has 1 saturated carbocycles. The van der Waals surface area contributed by atoms with E-state index in [9.17, 15) is 4.39 Å². The normalized spacial score (nSPS) is 31.1. The van der Waals surface area contributed by atoms with Crippen molar-refractivity contribution >= 4 is 0 Å². The highest BCUT2D eigenvalue weighted by atomic mass is 19.1. The molecule has 0 spiro atoms. The van der Waals surface area contributed by atoms with Gasteiger partial charge >= 0.3 is 0 Å². The second-order valence-corrected chi connectivity index (χ2v) is 5.08. The van der Waals surface area contributed by atoms with Crippen LogP contribution in [-0.4, -0.2) is 18.8 Å². The summed E-state index contributed by atoms with van der Waals surface area (Å²) < 4.78 is 24.4. The Kier molecular flexibility index (Phi) is 4.07. The minimum absolute atomic E-state index is 0.157. The van der Waals surface area contributed by atoms with Gasteiger partial charge in [0.15, 0.2) is 5.88 Å². The molecule has 0 aromatic carbocycles. The molecule has 1 unspecified atom stereocenters. The van der Waals surface area contributed by atoms with Gasteiger partial charge in [-0.3, -0.25) is 0 Å². The summed E-state index contributed by atoms with van der Waals surface area (Å²) in [5.41, 5.74) is 6.32. The van der Waals surface area contributed by atoms with Crippen LogP contribution in [0.5, 0.6) is 0 Å². The number of hydrogen-bond acceptors (Lipinski definition) is 3. The molecule has 0 radical (unpaired) electrons. The van der Waals surface area contributed by atoms with Crippen molar-refractivity contribution in [2.45, 2.75) is 38.4 Å². The second kappa shape index (κ2) is 5.57. The van der Waals surface area contributed by atoms with Crippen LogP contribution in [0, 0.1) is 5.92 Å². The van der Waals surface area contributed by atoms with Crippen LogP contribution >= 0.6 is 0 Å². The maximum atomic E-state index is 13.6. The molecule has 18 heavy (non-hydrogen) atoms. The van der Waals surface area contributed by atoms with Crippen molar-refractivity contribution in [2.75, 3.05) is 6.61 Å². The summed E-state index contributed by atoms with van der Waals surface area (Å²) in [4.78, 5) is 0. The van der Waals surface area contributed by atoms with Gasteiger partial charge in [0.2, 0.25) is 0 Å². The predicted octanol–water partition coefficient (Wildman–Crippen LogP) is 2.80. The standard InChI is InChI=1S/C14H20FNO2/c1-9-3-4-14(13(15)5-9)17-8-11-6-12(7-11)18-10(2)16/h3,5,11-12,14H,2,4,6-8,16H2,1H3/t11-,12+,14?. The molecule has 100 valence electrons. The highest BCUT2D eigenvalue weighted by Crippen LogP contribution is 2.32. The number of allylic oxidation sites excluding steroid dienone is 2. The minimum atomic E-state index is -0.404. The molecule has 2 aliphatic rings. The number of hydrogen-bond donors (Lipinski definition) is 1. The molecule has 0 amide bonds. The summed E-state index contributed by atoms with van der Waals surface area (Å²) in [6.07, 6.45) is 5.73. The zero-order valence-electron chi connectivity index (χ0n) is 10.7. The second-order valence-electron chi connectivity index (χ2n) is 5.08. The van der Waals surface area contributed by atoms with E-state index in [1.54, 1.807) is 6.08 Å². The van der Waals surface area contributed by atoms with Crippen molar-refractivity contribution in [3.8, 4) is 0 Å². The third-order valence-electron chi connectivity index (χ3n) is 3.37. The molecule has 2 N–H and O–H groups in total. The van der Waals surface area contributed by atoms with Crippen LogP contribution in [-0.2, 0) is 9.47 Å². The first-order chi connectivity index (χ1) is 8.54. The smallest absolute Gasteiger partial charge is 0.176 e. The van der Waals surface area contributed by atoms with Gasteiger partial charge in [0.05, 0.1) is 6.61 Å². The summed E-state index contributed by atoms with van der Waals surface area (Å²) >= 11 is 0. The quantitative estimate of drug-likeness (QED) is 0.766. The van der Waals surface area contributed by atoms with Crippen LogP contribution in [0.1, 0.15) is 26.2 Å². The van der Waals surface area contributed by atoms with E-state index in [2.05, 4.69) is 6.58 Å². The highest BCUT2D eigenvalue weighted by Gasteiger charge is 2.32. The minimum Gasteiger partial charge on any atom is -0.477 e.